The molecule has 1 aliphatic heterocycles. The minimum absolute atomic E-state index is 0.103. The van der Waals surface area contributed by atoms with Gasteiger partial charge in [0.05, 0.1) is 23.2 Å². The molecule has 1 aromatic heterocycles. The molecular weight excluding hydrogens is 356 g/mol. The molecule has 0 saturated heterocycles. The summed E-state index contributed by atoms with van der Waals surface area (Å²) in [4.78, 5) is 11.3. The second-order valence-electron chi connectivity index (χ2n) is 7.10. The number of carboxylic acid groups (broad SMARTS) is 1. The zero-order valence-electron chi connectivity index (χ0n) is 14.9. The number of carboxylic acids is 1. The predicted octanol–water partition coefficient (Wildman–Crippen LogP) is 3.48. The van der Waals surface area contributed by atoms with E-state index in [1.165, 1.54) is 0 Å². The van der Waals surface area contributed by atoms with Crippen LogP contribution in [-0.2, 0) is 6.42 Å². The lowest BCUT2D eigenvalue weighted by Gasteiger charge is -2.28. The van der Waals surface area contributed by atoms with Gasteiger partial charge in [0.1, 0.15) is 6.04 Å². The molecule has 0 radical (unpaired) electrons. The van der Waals surface area contributed by atoms with Gasteiger partial charge in [-0.3, -0.25) is 5.01 Å². The highest BCUT2D eigenvalue weighted by atomic mass is 16.5. The van der Waals surface area contributed by atoms with Gasteiger partial charge in [-0.15, -0.1) is 0 Å². The Hall–Kier alpha value is -3.61. The molecule has 2 unspecified atom stereocenters. The maximum absolute atomic E-state index is 11.3. The number of nitrogens with zero attached hydrogens (tertiary/aromatic N) is 3. The summed E-state index contributed by atoms with van der Waals surface area (Å²) in [6.07, 6.45) is 3.29. The van der Waals surface area contributed by atoms with E-state index in [1.54, 1.807) is 18.3 Å². The second kappa shape index (κ2) is 6.23. The summed E-state index contributed by atoms with van der Waals surface area (Å²) in [7, 11) is 0. The summed E-state index contributed by atoms with van der Waals surface area (Å²) in [5, 5.41) is 20.1. The molecule has 1 aliphatic carbocycles. The molecule has 0 spiro atoms. The van der Waals surface area contributed by atoms with Crippen molar-refractivity contribution in [3.05, 3.63) is 77.2 Å². The number of fused-ring (bicyclic) bond motifs is 3. The van der Waals surface area contributed by atoms with Crippen LogP contribution in [0.5, 0.6) is 0 Å². The first-order valence-electron chi connectivity index (χ1n) is 9.12. The Morgan fingerprint density at radius 2 is 2.00 bits per heavy atom. The van der Waals surface area contributed by atoms with Gasteiger partial charge in [-0.25, -0.2) is 4.79 Å². The molecular formula is C21H18N4O3. The number of benzene rings is 2. The van der Waals surface area contributed by atoms with E-state index < -0.39 is 5.97 Å². The molecule has 2 atom stereocenters. The van der Waals surface area contributed by atoms with Crippen LogP contribution < -0.4 is 10.7 Å². The van der Waals surface area contributed by atoms with Gasteiger partial charge < -0.3 is 15.4 Å². The Morgan fingerprint density at radius 1 is 1.18 bits per heavy atom. The van der Waals surface area contributed by atoms with Gasteiger partial charge in [0.25, 0.3) is 0 Å². The molecule has 3 aromatic rings. The minimum atomic E-state index is -0.915. The van der Waals surface area contributed by atoms with E-state index in [1.807, 2.05) is 41.4 Å². The van der Waals surface area contributed by atoms with Gasteiger partial charge in [-0.05, 0) is 54.8 Å². The number of carbonyl (C=O) groups is 1. The highest BCUT2D eigenvalue weighted by Crippen LogP contribution is 2.45. The van der Waals surface area contributed by atoms with Crippen LogP contribution in [0.15, 0.2) is 64.4 Å². The van der Waals surface area contributed by atoms with E-state index in [9.17, 15) is 9.90 Å². The largest absolute Gasteiger partial charge is 0.478 e. The first kappa shape index (κ1) is 16.6. The maximum Gasteiger partial charge on any atom is 0.335 e. The quantitative estimate of drug-likeness (QED) is 0.680. The van der Waals surface area contributed by atoms with Crippen LogP contribution in [0.4, 0.5) is 11.4 Å². The molecule has 2 aromatic carbocycles. The number of nitrogen functional groups attached to an aromatic ring is 1. The molecule has 2 aliphatic rings. The van der Waals surface area contributed by atoms with E-state index in [-0.39, 0.29) is 12.0 Å². The van der Waals surface area contributed by atoms with Gasteiger partial charge in [0.15, 0.2) is 5.76 Å². The van der Waals surface area contributed by atoms with Gasteiger partial charge in [-0.2, -0.15) is 5.10 Å². The van der Waals surface area contributed by atoms with Crippen molar-refractivity contribution < 1.29 is 14.4 Å². The summed E-state index contributed by atoms with van der Waals surface area (Å²) < 4.78 is 5.51. The van der Waals surface area contributed by atoms with Crippen LogP contribution in [0.1, 0.15) is 39.7 Å². The SMILES string of the molecule is Nc1ccc(N2N=C3c4ccc(C(=O)O)cc4CCC3C2c2ccno2)cc1. The Balaban J connectivity index is 1.62. The van der Waals surface area contributed by atoms with Crippen LogP contribution in [0.2, 0.25) is 0 Å². The summed E-state index contributed by atoms with van der Waals surface area (Å²) >= 11 is 0. The molecule has 3 N–H and O–H groups in total. The first-order valence-corrected chi connectivity index (χ1v) is 9.12. The highest BCUT2D eigenvalue weighted by molar-refractivity contribution is 6.07. The number of hydrogen-bond donors (Lipinski definition) is 2. The third-order valence-corrected chi connectivity index (χ3v) is 5.47. The number of aromatic nitrogens is 1. The molecule has 0 fully saturated rings. The fraction of sp³-hybridized carbons (Fsp3) is 0.190. The first-order chi connectivity index (χ1) is 13.6. The van der Waals surface area contributed by atoms with Crippen molar-refractivity contribution in [3.63, 3.8) is 0 Å². The fourth-order valence-electron chi connectivity index (χ4n) is 4.16. The number of hydrazone groups is 1. The third-order valence-electron chi connectivity index (χ3n) is 5.47. The number of anilines is 2. The van der Waals surface area contributed by atoms with Crippen LogP contribution in [0.3, 0.4) is 0 Å². The topological polar surface area (TPSA) is 105 Å². The highest BCUT2D eigenvalue weighted by Gasteiger charge is 2.43. The van der Waals surface area contributed by atoms with Crippen LogP contribution in [0, 0.1) is 5.92 Å². The van der Waals surface area contributed by atoms with Gasteiger partial charge in [0, 0.05) is 23.2 Å². The number of aryl methyl sites for hydroxylation is 1. The van der Waals surface area contributed by atoms with Gasteiger partial charge in [0.2, 0.25) is 0 Å². The minimum Gasteiger partial charge on any atom is -0.478 e. The Kier molecular flexibility index (Phi) is 3.68. The van der Waals surface area contributed by atoms with E-state index in [4.69, 9.17) is 15.4 Å². The van der Waals surface area contributed by atoms with E-state index in [2.05, 4.69) is 5.16 Å². The zero-order chi connectivity index (χ0) is 19.3. The zero-order valence-corrected chi connectivity index (χ0v) is 14.9. The lowest BCUT2D eigenvalue weighted by atomic mass is 9.78. The van der Waals surface area contributed by atoms with E-state index in [0.717, 1.165) is 41.1 Å². The van der Waals surface area contributed by atoms with Crippen molar-refractivity contribution in [1.82, 2.24) is 5.16 Å². The third kappa shape index (κ3) is 2.55. The standard InChI is InChI=1S/C21H18N4O3/c22-14-3-5-15(6-4-14)25-20(18-9-10-23-28-18)17-8-1-12-11-13(21(26)27)2-7-16(12)19(17)24-25/h2-7,9-11,17,20H,1,8,22H2,(H,26,27). The number of hydrogen-bond acceptors (Lipinski definition) is 6. The number of aromatic carboxylic acids is 1. The van der Waals surface area contributed by atoms with Crippen LogP contribution in [0.25, 0.3) is 0 Å². The molecule has 0 amide bonds. The Bertz CT molecular complexity index is 1070. The predicted molar refractivity (Wildman–Crippen MR) is 104 cm³/mol. The van der Waals surface area contributed by atoms with Crippen LogP contribution >= 0.6 is 0 Å². The van der Waals surface area contributed by atoms with E-state index >= 15 is 0 Å². The van der Waals surface area contributed by atoms with Crippen molar-refractivity contribution in [1.29, 1.82) is 0 Å². The van der Waals surface area contributed by atoms with Crippen molar-refractivity contribution in [2.45, 2.75) is 18.9 Å². The molecule has 0 saturated carbocycles. The second-order valence-corrected chi connectivity index (χ2v) is 7.10. The fourth-order valence-corrected chi connectivity index (χ4v) is 4.16. The van der Waals surface area contributed by atoms with Gasteiger partial charge >= 0.3 is 5.97 Å². The molecule has 140 valence electrons. The Labute approximate surface area is 161 Å². The smallest absolute Gasteiger partial charge is 0.335 e. The molecule has 7 nitrogen and oxygen atoms in total. The summed E-state index contributed by atoms with van der Waals surface area (Å²) in [5.41, 5.74) is 10.7. The molecule has 2 heterocycles. The molecule has 28 heavy (non-hydrogen) atoms. The number of rotatable bonds is 3. The number of nitrogens with two attached hydrogens (primary N) is 1. The van der Waals surface area contributed by atoms with Crippen molar-refractivity contribution in [2.24, 2.45) is 11.0 Å². The van der Waals surface area contributed by atoms with Crippen LogP contribution in [-0.4, -0.2) is 21.9 Å². The van der Waals surface area contributed by atoms with Crippen molar-refractivity contribution >= 4 is 23.1 Å². The monoisotopic (exact) mass is 374 g/mol. The summed E-state index contributed by atoms with van der Waals surface area (Å²) in [6.45, 7) is 0. The average molecular weight is 374 g/mol. The normalized spacial score (nSPS) is 20.4. The average Bonchev–Trinajstić information content (AvgIpc) is 3.35. The summed E-state index contributed by atoms with van der Waals surface area (Å²) in [5.74, 6) is -0.0267. The lowest BCUT2D eigenvalue weighted by molar-refractivity contribution is 0.0696. The molecule has 7 heteroatoms. The Morgan fingerprint density at radius 3 is 2.71 bits per heavy atom. The molecule has 5 rings (SSSR count). The van der Waals surface area contributed by atoms with Crippen molar-refractivity contribution in [2.75, 3.05) is 10.7 Å². The van der Waals surface area contributed by atoms with Gasteiger partial charge in [-0.1, -0.05) is 11.2 Å². The van der Waals surface area contributed by atoms with Crippen molar-refractivity contribution in [3.8, 4) is 0 Å². The van der Waals surface area contributed by atoms with E-state index in [0.29, 0.717) is 11.3 Å². The molecule has 0 bridgehead atoms. The lowest BCUT2D eigenvalue weighted by Crippen LogP contribution is -2.28. The maximum atomic E-state index is 11.3. The summed E-state index contributed by atoms with van der Waals surface area (Å²) in [6, 6.07) is 14.6.